The number of nitrogens with zero attached hydrogens (tertiary/aromatic N) is 1. The maximum atomic E-state index is 11.3. The van der Waals surface area contributed by atoms with Gasteiger partial charge in [0.2, 0.25) is 0 Å². The molecule has 0 aromatic rings. The van der Waals surface area contributed by atoms with E-state index in [9.17, 15) is 4.79 Å². The van der Waals surface area contributed by atoms with Gasteiger partial charge in [-0.15, -0.1) is 0 Å². The first kappa shape index (κ1) is 22.2. The number of hydrogen-bond acceptors (Lipinski definition) is 2. The Labute approximate surface area is 114 Å². The number of carbonyl (C=O) groups excluding carboxylic acids is 1. The van der Waals surface area contributed by atoms with Crippen molar-refractivity contribution < 1.29 is 9.53 Å². The molecule has 0 rings (SSSR count). The van der Waals surface area contributed by atoms with Crippen molar-refractivity contribution in [2.45, 2.75) is 73.8 Å². The molecule has 0 aliphatic rings. The first-order valence-corrected chi connectivity index (χ1v) is 6.94. The zero-order valence-corrected chi connectivity index (χ0v) is 13.7. The lowest BCUT2D eigenvalue weighted by Gasteiger charge is -2.23. The normalized spacial score (nSPS) is 9.11. The van der Waals surface area contributed by atoms with Gasteiger partial charge in [-0.3, -0.25) is 4.90 Å². The van der Waals surface area contributed by atoms with E-state index in [1.54, 1.807) is 0 Å². The summed E-state index contributed by atoms with van der Waals surface area (Å²) < 4.78 is 5.10. The zero-order valence-electron chi connectivity index (χ0n) is 13.7. The zero-order chi connectivity index (χ0) is 15.2. The number of hydrogen-bond donors (Lipinski definition) is 0. The number of amides is 1. The minimum Gasteiger partial charge on any atom is -0.443 e. The van der Waals surface area contributed by atoms with Gasteiger partial charge in [-0.05, 0) is 27.7 Å². The van der Waals surface area contributed by atoms with E-state index in [1.807, 2.05) is 41.5 Å². The Kier molecular flexibility index (Phi) is 17.4. The second-order valence-electron chi connectivity index (χ2n) is 4.45. The summed E-state index contributed by atoms with van der Waals surface area (Å²) in [6, 6.07) is 0. The van der Waals surface area contributed by atoms with Gasteiger partial charge >= 0.3 is 6.09 Å². The molecule has 0 aromatic heterocycles. The molecule has 0 aromatic carbocycles. The first-order valence-electron chi connectivity index (χ1n) is 6.94. The number of ether oxygens (including phenoxy) is 1. The SMILES string of the molecule is C=CN(CC)C(=O)OC(C)(C)C.CC.CCCC. The Hall–Kier alpha value is -0.990. The Bertz CT molecular complexity index is 193. The minimum absolute atomic E-state index is 0.347. The van der Waals surface area contributed by atoms with Crippen LogP contribution >= 0.6 is 0 Å². The van der Waals surface area contributed by atoms with E-state index < -0.39 is 5.60 Å². The Morgan fingerprint density at radius 1 is 1.17 bits per heavy atom. The van der Waals surface area contributed by atoms with E-state index >= 15 is 0 Å². The summed E-state index contributed by atoms with van der Waals surface area (Å²) >= 11 is 0. The molecule has 0 fully saturated rings. The van der Waals surface area contributed by atoms with Crippen LogP contribution in [0, 0.1) is 0 Å². The third-order valence-electron chi connectivity index (χ3n) is 1.69. The number of unbranched alkanes of at least 4 members (excludes halogenated alkanes) is 1. The Morgan fingerprint density at radius 3 is 1.72 bits per heavy atom. The molecule has 0 heterocycles. The lowest BCUT2D eigenvalue weighted by atomic mass is 10.2. The average Bonchev–Trinajstić information content (AvgIpc) is 2.31. The van der Waals surface area contributed by atoms with Crippen molar-refractivity contribution in [1.82, 2.24) is 4.90 Å². The van der Waals surface area contributed by atoms with Crippen LogP contribution in [0.5, 0.6) is 0 Å². The maximum absolute atomic E-state index is 11.3. The Morgan fingerprint density at radius 2 is 1.56 bits per heavy atom. The van der Waals surface area contributed by atoms with Gasteiger partial charge in [-0.25, -0.2) is 4.79 Å². The molecule has 0 saturated carbocycles. The summed E-state index contributed by atoms with van der Waals surface area (Å²) in [7, 11) is 0. The van der Waals surface area contributed by atoms with Gasteiger partial charge in [0.25, 0.3) is 0 Å². The quantitative estimate of drug-likeness (QED) is 0.695. The van der Waals surface area contributed by atoms with Crippen LogP contribution in [-0.2, 0) is 4.74 Å². The molecule has 0 unspecified atom stereocenters. The molecular formula is C15H33NO2. The summed E-state index contributed by atoms with van der Waals surface area (Å²) in [4.78, 5) is 12.7. The van der Waals surface area contributed by atoms with Crippen molar-refractivity contribution >= 4 is 6.09 Å². The molecule has 0 aliphatic heterocycles. The summed E-state index contributed by atoms with van der Waals surface area (Å²) in [5.41, 5.74) is -0.437. The predicted molar refractivity (Wildman–Crippen MR) is 80.7 cm³/mol. The van der Waals surface area contributed by atoms with E-state index in [-0.39, 0.29) is 6.09 Å². The summed E-state index contributed by atoms with van der Waals surface area (Å²) in [6.45, 7) is 19.8. The van der Waals surface area contributed by atoms with E-state index in [2.05, 4.69) is 20.4 Å². The second-order valence-corrected chi connectivity index (χ2v) is 4.45. The van der Waals surface area contributed by atoms with Crippen LogP contribution in [0.1, 0.15) is 68.2 Å². The summed E-state index contributed by atoms with van der Waals surface area (Å²) in [5.74, 6) is 0. The van der Waals surface area contributed by atoms with E-state index in [0.717, 1.165) is 0 Å². The smallest absolute Gasteiger partial charge is 0.414 e. The lowest BCUT2D eigenvalue weighted by Crippen LogP contribution is -2.33. The molecule has 110 valence electrons. The van der Waals surface area contributed by atoms with Crippen LogP contribution in [-0.4, -0.2) is 23.1 Å². The molecule has 0 aliphatic carbocycles. The largest absolute Gasteiger partial charge is 0.443 e. The molecule has 0 atom stereocenters. The van der Waals surface area contributed by atoms with Crippen LogP contribution in [0.4, 0.5) is 4.79 Å². The van der Waals surface area contributed by atoms with Crippen LogP contribution in [0.2, 0.25) is 0 Å². The fraction of sp³-hybridized carbons (Fsp3) is 0.800. The number of rotatable bonds is 3. The molecule has 0 spiro atoms. The monoisotopic (exact) mass is 259 g/mol. The minimum atomic E-state index is -0.437. The fourth-order valence-corrected chi connectivity index (χ4v) is 0.653. The molecule has 0 bridgehead atoms. The predicted octanol–water partition coefficient (Wildman–Crippen LogP) is 5.22. The third-order valence-corrected chi connectivity index (χ3v) is 1.69. The highest BCUT2D eigenvalue weighted by Gasteiger charge is 2.18. The summed E-state index contributed by atoms with van der Waals surface area (Å²) in [5, 5.41) is 0. The first-order chi connectivity index (χ1) is 8.32. The van der Waals surface area contributed by atoms with Crippen molar-refractivity contribution in [2.24, 2.45) is 0 Å². The fourth-order valence-electron chi connectivity index (χ4n) is 0.653. The third kappa shape index (κ3) is 17.4. The topological polar surface area (TPSA) is 29.5 Å². The maximum Gasteiger partial charge on any atom is 0.414 e. The molecule has 18 heavy (non-hydrogen) atoms. The summed E-state index contributed by atoms with van der Waals surface area (Å²) in [6.07, 6.45) is 3.76. The van der Waals surface area contributed by atoms with Crippen molar-refractivity contribution in [3.63, 3.8) is 0 Å². The van der Waals surface area contributed by atoms with Gasteiger partial charge in [0.1, 0.15) is 5.60 Å². The second kappa shape index (κ2) is 14.1. The van der Waals surface area contributed by atoms with Gasteiger partial charge < -0.3 is 4.74 Å². The highest BCUT2D eigenvalue weighted by molar-refractivity contribution is 5.69. The molecule has 0 saturated heterocycles. The molecule has 0 N–H and O–H groups in total. The molecule has 1 amide bonds. The highest BCUT2D eigenvalue weighted by Crippen LogP contribution is 2.09. The van der Waals surface area contributed by atoms with Gasteiger partial charge in [0.15, 0.2) is 0 Å². The molecule has 3 heteroatoms. The van der Waals surface area contributed by atoms with Gasteiger partial charge in [0, 0.05) is 12.7 Å². The van der Waals surface area contributed by atoms with E-state index in [4.69, 9.17) is 4.74 Å². The highest BCUT2D eigenvalue weighted by atomic mass is 16.6. The molecular weight excluding hydrogens is 226 g/mol. The van der Waals surface area contributed by atoms with E-state index in [0.29, 0.717) is 6.54 Å². The van der Waals surface area contributed by atoms with Crippen molar-refractivity contribution in [3.05, 3.63) is 12.8 Å². The Balaban J connectivity index is -0.000000317. The van der Waals surface area contributed by atoms with Gasteiger partial charge in [-0.1, -0.05) is 47.1 Å². The van der Waals surface area contributed by atoms with Crippen LogP contribution in [0.15, 0.2) is 12.8 Å². The van der Waals surface area contributed by atoms with Gasteiger partial charge in [-0.2, -0.15) is 0 Å². The van der Waals surface area contributed by atoms with Crippen molar-refractivity contribution in [1.29, 1.82) is 0 Å². The number of carbonyl (C=O) groups is 1. The van der Waals surface area contributed by atoms with Crippen LogP contribution < -0.4 is 0 Å². The average molecular weight is 259 g/mol. The molecule has 0 radical (unpaired) electrons. The van der Waals surface area contributed by atoms with Crippen LogP contribution in [0.3, 0.4) is 0 Å². The standard InChI is InChI=1S/C9H17NO2.C4H10.C2H6/c1-6-10(7-2)8(11)12-9(3,4)5;1-3-4-2;1-2/h6H,1,7H2,2-5H3;3-4H2,1-2H3;1-2H3. The van der Waals surface area contributed by atoms with Crippen molar-refractivity contribution in [3.8, 4) is 0 Å². The molecule has 3 nitrogen and oxygen atoms in total. The lowest BCUT2D eigenvalue weighted by molar-refractivity contribution is 0.0344. The van der Waals surface area contributed by atoms with E-state index in [1.165, 1.54) is 23.9 Å². The van der Waals surface area contributed by atoms with Gasteiger partial charge in [0.05, 0.1) is 0 Å². The van der Waals surface area contributed by atoms with Crippen LogP contribution in [0.25, 0.3) is 0 Å². The van der Waals surface area contributed by atoms with Crippen molar-refractivity contribution in [2.75, 3.05) is 6.54 Å².